The summed E-state index contributed by atoms with van der Waals surface area (Å²) in [6.07, 6.45) is 0. The van der Waals surface area contributed by atoms with Gasteiger partial charge in [0.15, 0.2) is 0 Å². The van der Waals surface area contributed by atoms with E-state index in [1.807, 2.05) is 30.3 Å². The molecule has 0 bridgehead atoms. The zero-order chi connectivity index (χ0) is 21.0. The van der Waals surface area contributed by atoms with Crippen LogP contribution in [0.15, 0.2) is 71.6 Å². The zero-order valence-corrected chi connectivity index (χ0v) is 16.9. The summed E-state index contributed by atoms with van der Waals surface area (Å²) in [5.74, 6) is -1.15. The highest BCUT2D eigenvalue weighted by Gasteiger charge is 2.19. The monoisotopic (exact) mass is 412 g/mol. The van der Waals surface area contributed by atoms with E-state index < -0.39 is 21.7 Å². The summed E-state index contributed by atoms with van der Waals surface area (Å²) >= 11 is 0. The number of hydrogen-bond acceptors (Lipinski definition) is 3. The molecule has 0 atom stereocenters. The normalized spacial score (nSPS) is 11.3. The Morgan fingerprint density at radius 2 is 1.69 bits per heavy atom. The summed E-state index contributed by atoms with van der Waals surface area (Å²) in [5.41, 5.74) is 2.28. The van der Waals surface area contributed by atoms with Crippen molar-refractivity contribution in [3.05, 3.63) is 94.8 Å². The summed E-state index contributed by atoms with van der Waals surface area (Å²) in [4.78, 5) is 12.6. The number of halogens is 1. The van der Waals surface area contributed by atoms with Gasteiger partial charge < -0.3 is 5.32 Å². The Labute approximate surface area is 169 Å². The molecule has 2 N–H and O–H groups in total. The van der Waals surface area contributed by atoms with Crippen LogP contribution in [-0.4, -0.2) is 14.3 Å². The minimum atomic E-state index is -3.84. The van der Waals surface area contributed by atoms with Crippen molar-refractivity contribution in [2.24, 2.45) is 0 Å². The first kappa shape index (κ1) is 20.7. The molecule has 150 valence electrons. The Hall–Kier alpha value is -3.03. The van der Waals surface area contributed by atoms with Gasteiger partial charge in [0.2, 0.25) is 10.0 Å². The maximum Gasteiger partial charge on any atom is 0.255 e. The molecule has 0 spiro atoms. The van der Waals surface area contributed by atoms with E-state index in [4.69, 9.17) is 0 Å². The second-order valence-electron chi connectivity index (χ2n) is 6.73. The number of carbonyl (C=O) groups is 1. The van der Waals surface area contributed by atoms with Gasteiger partial charge in [0.05, 0.1) is 10.6 Å². The summed E-state index contributed by atoms with van der Waals surface area (Å²) in [5, 5.41) is 2.49. The molecule has 3 rings (SSSR count). The molecule has 7 heteroatoms. The maximum atomic E-state index is 13.9. The van der Waals surface area contributed by atoms with Crippen LogP contribution >= 0.6 is 0 Å². The van der Waals surface area contributed by atoms with Crippen molar-refractivity contribution in [1.29, 1.82) is 0 Å². The smallest absolute Gasteiger partial charge is 0.255 e. The van der Waals surface area contributed by atoms with Crippen molar-refractivity contribution in [3.63, 3.8) is 0 Å². The second kappa shape index (κ2) is 8.55. The summed E-state index contributed by atoms with van der Waals surface area (Å²) < 4.78 is 42.0. The van der Waals surface area contributed by atoms with E-state index in [-0.39, 0.29) is 22.7 Å². The van der Waals surface area contributed by atoms with E-state index in [1.165, 1.54) is 24.3 Å². The highest BCUT2D eigenvalue weighted by molar-refractivity contribution is 7.89. The van der Waals surface area contributed by atoms with Gasteiger partial charge in [0.1, 0.15) is 5.82 Å². The van der Waals surface area contributed by atoms with Gasteiger partial charge >= 0.3 is 0 Å². The average Bonchev–Trinajstić information content (AvgIpc) is 2.70. The number of anilines is 1. The first-order valence-corrected chi connectivity index (χ1v) is 10.5. The van der Waals surface area contributed by atoms with Crippen LogP contribution in [0.5, 0.6) is 0 Å². The fraction of sp³-hybridized carbons (Fsp3) is 0.136. The Morgan fingerprint density at radius 1 is 0.966 bits per heavy atom. The predicted octanol–water partition coefficient (Wildman–Crippen LogP) is 4.17. The van der Waals surface area contributed by atoms with E-state index in [0.29, 0.717) is 5.56 Å². The lowest BCUT2D eigenvalue weighted by Gasteiger charge is -2.12. The number of hydrogen-bond donors (Lipinski definition) is 2. The van der Waals surface area contributed by atoms with Crippen molar-refractivity contribution in [2.45, 2.75) is 25.3 Å². The third-order valence-electron chi connectivity index (χ3n) is 4.42. The number of benzene rings is 3. The molecule has 29 heavy (non-hydrogen) atoms. The molecule has 0 aromatic heterocycles. The predicted molar refractivity (Wildman–Crippen MR) is 111 cm³/mol. The zero-order valence-electron chi connectivity index (χ0n) is 16.1. The van der Waals surface area contributed by atoms with E-state index in [0.717, 1.165) is 11.1 Å². The maximum absolute atomic E-state index is 13.9. The molecule has 0 aliphatic carbocycles. The van der Waals surface area contributed by atoms with Gasteiger partial charge in [-0.25, -0.2) is 17.5 Å². The fourth-order valence-electron chi connectivity index (χ4n) is 2.81. The van der Waals surface area contributed by atoms with Crippen LogP contribution in [0.1, 0.15) is 27.0 Å². The van der Waals surface area contributed by atoms with Gasteiger partial charge in [-0.2, -0.15) is 0 Å². The van der Waals surface area contributed by atoms with Gasteiger partial charge in [-0.15, -0.1) is 0 Å². The van der Waals surface area contributed by atoms with Crippen LogP contribution in [0.4, 0.5) is 10.1 Å². The minimum absolute atomic E-state index is 0.00537. The number of amides is 1. The molecule has 0 saturated carbocycles. The van der Waals surface area contributed by atoms with E-state index in [2.05, 4.69) is 10.0 Å². The number of nitrogens with one attached hydrogen (secondary N) is 2. The van der Waals surface area contributed by atoms with Crippen LogP contribution in [0.3, 0.4) is 0 Å². The molecule has 1 amide bonds. The SMILES string of the molecule is Cc1ccc(F)c(NC(=O)c2ccc(C)c(S(=O)(=O)NCc3ccccc3)c2)c1. The molecule has 5 nitrogen and oxygen atoms in total. The lowest BCUT2D eigenvalue weighted by Crippen LogP contribution is -2.24. The van der Waals surface area contributed by atoms with Gasteiger partial charge in [-0.3, -0.25) is 4.79 Å². The summed E-state index contributed by atoms with van der Waals surface area (Å²) in [6.45, 7) is 3.57. The first-order chi connectivity index (χ1) is 13.8. The van der Waals surface area contributed by atoms with Gasteiger partial charge in [0, 0.05) is 12.1 Å². The molecular weight excluding hydrogens is 391 g/mol. The van der Waals surface area contributed by atoms with Crippen molar-refractivity contribution in [1.82, 2.24) is 4.72 Å². The highest BCUT2D eigenvalue weighted by Crippen LogP contribution is 2.20. The van der Waals surface area contributed by atoms with Crippen LogP contribution in [0.25, 0.3) is 0 Å². The molecule has 3 aromatic rings. The number of carbonyl (C=O) groups excluding carboxylic acids is 1. The van der Waals surface area contributed by atoms with Crippen LogP contribution in [0, 0.1) is 19.7 Å². The molecule has 0 aliphatic rings. The van der Waals surface area contributed by atoms with Crippen molar-refractivity contribution in [3.8, 4) is 0 Å². The van der Waals surface area contributed by atoms with E-state index in [1.54, 1.807) is 26.0 Å². The topological polar surface area (TPSA) is 75.3 Å². The average molecular weight is 412 g/mol. The largest absolute Gasteiger partial charge is 0.319 e. The third kappa shape index (κ3) is 5.07. The van der Waals surface area contributed by atoms with Crippen molar-refractivity contribution in [2.75, 3.05) is 5.32 Å². The second-order valence-corrected chi connectivity index (χ2v) is 8.46. The number of sulfonamides is 1. The lowest BCUT2D eigenvalue weighted by atomic mass is 10.1. The standard InChI is InChI=1S/C22H21FN2O3S/c1-15-8-11-19(23)20(12-15)25-22(26)18-10-9-16(2)21(13-18)29(27,28)24-14-17-6-4-3-5-7-17/h3-13,24H,14H2,1-2H3,(H,25,26). The third-order valence-corrected chi connectivity index (χ3v) is 5.96. The van der Waals surface area contributed by atoms with Crippen LogP contribution < -0.4 is 10.0 Å². The van der Waals surface area contributed by atoms with Crippen LogP contribution in [-0.2, 0) is 16.6 Å². The minimum Gasteiger partial charge on any atom is -0.319 e. The Kier molecular flexibility index (Phi) is 6.10. The first-order valence-electron chi connectivity index (χ1n) is 8.98. The molecule has 0 fully saturated rings. The molecule has 0 unspecified atom stereocenters. The number of aryl methyl sites for hydroxylation is 2. The Bertz CT molecular complexity index is 1150. The molecular formula is C22H21FN2O3S. The lowest BCUT2D eigenvalue weighted by molar-refractivity contribution is 0.102. The van der Waals surface area contributed by atoms with Crippen molar-refractivity contribution < 1.29 is 17.6 Å². The summed E-state index contributed by atoms with van der Waals surface area (Å²) in [6, 6.07) is 17.9. The van der Waals surface area contributed by atoms with E-state index >= 15 is 0 Å². The molecule has 3 aromatic carbocycles. The Morgan fingerprint density at radius 3 is 2.41 bits per heavy atom. The van der Waals surface area contributed by atoms with Gasteiger partial charge in [-0.1, -0.05) is 42.5 Å². The molecule has 0 aliphatic heterocycles. The molecule has 0 heterocycles. The van der Waals surface area contributed by atoms with Crippen molar-refractivity contribution >= 4 is 21.6 Å². The fourth-order valence-corrected chi connectivity index (χ4v) is 4.10. The molecule has 0 saturated heterocycles. The van der Waals surface area contributed by atoms with Gasteiger partial charge in [-0.05, 0) is 54.8 Å². The van der Waals surface area contributed by atoms with Crippen LogP contribution in [0.2, 0.25) is 0 Å². The quantitative estimate of drug-likeness (QED) is 0.638. The van der Waals surface area contributed by atoms with Gasteiger partial charge in [0.25, 0.3) is 5.91 Å². The van der Waals surface area contributed by atoms with E-state index in [9.17, 15) is 17.6 Å². The number of rotatable bonds is 6. The molecule has 0 radical (unpaired) electrons. The summed E-state index contributed by atoms with van der Waals surface area (Å²) in [7, 11) is -3.84. The highest BCUT2D eigenvalue weighted by atomic mass is 32.2. The Balaban J connectivity index is 1.83.